The highest BCUT2D eigenvalue weighted by molar-refractivity contribution is 6.01. The summed E-state index contributed by atoms with van der Waals surface area (Å²) in [5.41, 5.74) is 8.25. The second-order valence-electron chi connectivity index (χ2n) is 31.7. The van der Waals surface area contributed by atoms with Gasteiger partial charge in [0.25, 0.3) is 5.91 Å². The molecule has 10 amide bonds. The first-order valence-corrected chi connectivity index (χ1v) is 43.5. The van der Waals surface area contributed by atoms with Crippen LogP contribution in [-0.4, -0.2) is 229 Å². The summed E-state index contributed by atoms with van der Waals surface area (Å²) in [6.45, 7) is 7.11. The number of nitrogens with one attached hydrogen (secondary N) is 11. The lowest BCUT2D eigenvalue weighted by Gasteiger charge is -2.31. The van der Waals surface area contributed by atoms with Crippen molar-refractivity contribution in [2.24, 2.45) is 5.73 Å². The van der Waals surface area contributed by atoms with Gasteiger partial charge in [-0.05, 0) is 101 Å². The molecule has 11 atom stereocenters. The molecular weight excluding hydrogens is 1580 g/mol. The summed E-state index contributed by atoms with van der Waals surface area (Å²) in [4.78, 5) is 184. The zero-order valence-electron chi connectivity index (χ0n) is 71.1. The monoisotopic (exact) mass is 1710 g/mol. The third kappa shape index (κ3) is 35.0. The fourth-order valence-corrected chi connectivity index (χ4v) is 14.8. The number of likely N-dealkylation sites (tertiary alicyclic amines) is 1. The summed E-state index contributed by atoms with van der Waals surface area (Å²) in [7, 11) is 0. The number of aromatic amines is 2. The Bertz CT molecular complexity index is 4120. The maximum absolute atomic E-state index is 15.1. The topological polar surface area (TPSA) is 531 Å². The van der Waals surface area contributed by atoms with E-state index in [1.165, 1.54) is 103 Å². The molecule has 0 radical (unpaired) electrons. The molecule has 3 aromatic carbocycles. The number of unbranched alkanes of at least 4 members (excludes halogenated alkanes) is 21. The molecule has 1 aliphatic rings. The summed E-state index contributed by atoms with van der Waals surface area (Å²) in [5, 5.41) is 85.0. The highest BCUT2D eigenvalue weighted by atomic mass is 16.5. The van der Waals surface area contributed by atoms with E-state index in [-0.39, 0.29) is 44.7 Å². The number of aromatic nitrogens is 2. The number of hydrogen-bond donors (Lipinski definition) is 18. The number of H-pyrrole nitrogens is 2. The number of fused-ring (bicyclic) bond motifs is 2. The molecule has 0 unspecified atom stereocenters. The van der Waals surface area contributed by atoms with Crippen LogP contribution in [0.4, 0.5) is 0 Å². The Morgan fingerprint density at radius 2 is 0.934 bits per heavy atom. The number of amides is 10. The number of aliphatic carboxylic acids is 3. The van der Waals surface area contributed by atoms with Crippen molar-refractivity contribution in [1.29, 1.82) is 0 Å². The first kappa shape index (κ1) is 100. The summed E-state index contributed by atoms with van der Waals surface area (Å²) >= 11 is 0. The Morgan fingerprint density at radius 3 is 1.42 bits per heavy atom. The normalized spacial score (nSPS) is 15.1. The molecule has 122 heavy (non-hydrogen) atoms. The fourth-order valence-electron chi connectivity index (χ4n) is 14.8. The third-order valence-corrected chi connectivity index (χ3v) is 21.7. The Balaban J connectivity index is 1.07. The lowest BCUT2D eigenvalue weighted by Crippen LogP contribution is -2.62. The molecule has 34 heteroatoms. The Morgan fingerprint density at radius 1 is 0.492 bits per heavy atom. The van der Waals surface area contributed by atoms with Crippen molar-refractivity contribution in [1.82, 2.24) is 62.7 Å². The van der Waals surface area contributed by atoms with Gasteiger partial charge in [-0.15, -0.1) is 0 Å². The van der Waals surface area contributed by atoms with Crippen LogP contribution in [0.25, 0.3) is 21.8 Å². The number of para-hydroxylation sites is 2. The van der Waals surface area contributed by atoms with E-state index in [1.807, 2.05) is 6.07 Å². The summed E-state index contributed by atoms with van der Waals surface area (Å²) in [6, 6.07) is 3.74. The molecule has 1 fully saturated rings. The molecule has 19 N–H and O–H groups in total. The number of nitrogens with two attached hydrogens (primary N) is 1. The van der Waals surface area contributed by atoms with Gasteiger partial charge in [0.2, 0.25) is 53.2 Å². The summed E-state index contributed by atoms with van der Waals surface area (Å²) in [6.07, 6.45) is 22.4. The van der Waals surface area contributed by atoms with Gasteiger partial charge in [-0.1, -0.05) is 179 Å². The third-order valence-electron chi connectivity index (χ3n) is 21.7. The quantitative estimate of drug-likeness (QED) is 0.0187. The second-order valence-corrected chi connectivity index (χ2v) is 31.7. The molecule has 34 nitrogen and oxygen atoms in total. The molecule has 0 saturated carbocycles. The van der Waals surface area contributed by atoms with Crippen molar-refractivity contribution < 1.29 is 102 Å². The average molecular weight is 1710 g/mol. The number of primary amides is 1. The number of carboxylic acids is 3. The SMILES string of the molecule is CCCCCCCCCCCCOc1cc(OCCCCCCCCCCCC)cc(C(=O)NCCCCCCN[C@@H](CC(=O)O)C(=O)N[C@H](C(=O)N[C@@H](Cc2c[nH]c3ccccc23)C(=O)N2CCC[C@H]2C(=O)N[C@@H](CC(N)=O)C(=O)N[C@H](C(=O)N[C@@H](CCC(=O)O)C(=O)N[C@@H](Cc2c[nH]c3ccccc23)C(=O)N[C@@H](CO)C(=O)O)[C@@H](C)O)[C@@H](C)O)c1. The predicted octanol–water partition coefficient (Wildman–Crippen LogP) is 6.42. The van der Waals surface area contributed by atoms with Gasteiger partial charge in [0, 0.05) is 78.2 Å². The maximum Gasteiger partial charge on any atom is 0.328 e. The Kier molecular flexibility index (Phi) is 44.8. The number of ether oxygens (including phenoxy) is 2. The van der Waals surface area contributed by atoms with E-state index in [2.05, 4.69) is 71.7 Å². The molecule has 2 aromatic heterocycles. The minimum atomic E-state index is -2.04. The van der Waals surface area contributed by atoms with Gasteiger partial charge in [0.05, 0.1) is 50.9 Å². The Labute approximate surface area is 713 Å². The minimum Gasteiger partial charge on any atom is -0.493 e. The fraction of sp³-hybridized carbons (Fsp3) is 0.602. The van der Waals surface area contributed by atoms with Gasteiger partial charge in [0.1, 0.15) is 59.8 Å². The van der Waals surface area contributed by atoms with E-state index in [0.717, 1.165) is 50.3 Å². The number of aliphatic hydroxyl groups excluding tert-OH is 3. The molecule has 0 aliphatic carbocycles. The van der Waals surface area contributed by atoms with Crippen LogP contribution < -0.4 is 63.1 Å². The zero-order chi connectivity index (χ0) is 88.9. The van der Waals surface area contributed by atoms with E-state index in [1.54, 1.807) is 66.9 Å². The van der Waals surface area contributed by atoms with E-state index >= 15 is 4.79 Å². The average Bonchev–Trinajstić information content (AvgIpc) is 1.60. The van der Waals surface area contributed by atoms with Crippen LogP contribution in [0.2, 0.25) is 0 Å². The van der Waals surface area contributed by atoms with Crippen molar-refractivity contribution in [2.45, 2.75) is 300 Å². The highest BCUT2D eigenvalue weighted by Crippen LogP contribution is 2.28. The van der Waals surface area contributed by atoms with Gasteiger partial charge in [-0.3, -0.25) is 57.5 Å². The molecule has 1 aliphatic heterocycles. The van der Waals surface area contributed by atoms with Crippen molar-refractivity contribution in [3.8, 4) is 11.5 Å². The molecule has 6 rings (SSSR count). The van der Waals surface area contributed by atoms with Gasteiger partial charge < -0.3 is 109 Å². The number of aliphatic hydroxyl groups is 3. The van der Waals surface area contributed by atoms with Crippen LogP contribution >= 0.6 is 0 Å². The molecule has 3 heterocycles. The van der Waals surface area contributed by atoms with E-state index in [9.17, 15) is 88.2 Å². The molecule has 1 saturated heterocycles. The highest BCUT2D eigenvalue weighted by Gasteiger charge is 2.42. The minimum absolute atomic E-state index is 0.0502. The lowest BCUT2D eigenvalue weighted by molar-refractivity contribution is -0.143. The number of rotatable bonds is 63. The van der Waals surface area contributed by atoms with Crippen LogP contribution in [0.1, 0.15) is 242 Å². The number of carboxylic acid groups (broad SMARTS) is 3. The van der Waals surface area contributed by atoms with Crippen LogP contribution in [0, 0.1) is 0 Å². The number of benzene rings is 3. The molecular formula is C88H131N13O21. The second kappa shape index (κ2) is 54.6. The van der Waals surface area contributed by atoms with Gasteiger partial charge >= 0.3 is 17.9 Å². The van der Waals surface area contributed by atoms with Crippen molar-refractivity contribution >= 4 is 98.8 Å². The maximum atomic E-state index is 15.1. The van der Waals surface area contributed by atoms with Crippen LogP contribution in [0.3, 0.4) is 0 Å². The smallest absolute Gasteiger partial charge is 0.328 e. The van der Waals surface area contributed by atoms with Gasteiger partial charge in [-0.2, -0.15) is 0 Å². The number of hydrogen-bond acceptors (Lipinski definition) is 19. The van der Waals surface area contributed by atoms with E-state index in [4.69, 9.17) is 15.2 Å². The van der Waals surface area contributed by atoms with Crippen LogP contribution in [-0.2, 0) is 70.4 Å². The Hall–Kier alpha value is -10.7. The van der Waals surface area contributed by atoms with Crippen molar-refractivity contribution in [3.05, 3.63) is 95.8 Å². The lowest BCUT2D eigenvalue weighted by atomic mass is 10.0. The molecule has 0 spiro atoms. The van der Waals surface area contributed by atoms with Crippen LogP contribution in [0.15, 0.2) is 79.1 Å². The van der Waals surface area contributed by atoms with E-state index < -0.39 is 170 Å². The molecule has 674 valence electrons. The molecule has 5 aromatic rings. The predicted molar refractivity (Wildman–Crippen MR) is 457 cm³/mol. The molecule has 0 bridgehead atoms. The summed E-state index contributed by atoms with van der Waals surface area (Å²) < 4.78 is 12.4. The van der Waals surface area contributed by atoms with Crippen molar-refractivity contribution in [3.63, 3.8) is 0 Å². The van der Waals surface area contributed by atoms with Gasteiger partial charge in [0.15, 0.2) is 0 Å². The first-order chi connectivity index (χ1) is 58.6. The van der Waals surface area contributed by atoms with E-state index in [0.29, 0.717) is 95.4 Å². The number of carbonyl (C=O) groups excluding carboxylic acids is 10. The standard InChI is InChI=1S/C88H131N13O21/c1-5-7-9-11-13-15-17-19-23-31-44-121-61-46-58(47-62(50-61)122-45-32-24-20-18-16-14-12-10-8-6-2)79(110)91-42-30-22-21-29-41-90-68(52-76(108)109)81(112)99-78(57(4)104)86(117)97-71(49-60-54-93-66-37-28-26-35-64(60)66)87(118)101-43-33-38-73(101)84(115)96-70(51-74(89)105)83(114)100-77(56(3)103)85(116)94-67(39-40-75(106)107)80(111)95-69(82(113)98-72(55-102)88(119)120)48-59-53-92-65-36-27-25-34-63(59)65/h25-28,34-37,46-47,50,53-54,56-57,67-73,77-78,90,92-93,102-104H,5-24,29-33,38-45,48-49,51-52,55H2,1-4H3,(H2,89,105)(H,91,110)(H,94,116)(H,95,111)(H,96,115)(H,97,117)(H,98,113)(H,99,112)(H,100,114)(H,106,107)(H,108,109)(H,119,120)/t56-,57-,67+,68+,69+,70+,71+,72+,73+,77+,78+/m1/s1. The number of nitrogens with zero attached hydrogens (tertiary/aromatic N) is 1. The number of carbonyl (C=O) groups is 13. The largest absolute Gasteiger partial charge is 0.493 e. The van der Waals surface area contributed by atoms with Crippen LogP contribution in [0.5, 0.6) is 11.5 Å². The van der Waals surface area contributed by atoms with Gasteiger partial charge in [-0.25, -0.2) is 4.79 Å². The summed E-state index contributed by atoms with van der Waals surface area (Å²) in [5.74, 6) is -13.5. The first-order valence-electron chi connectivity index (χ1n) is 43.5. The zero-order valence-corrected chi connectivity index (χ0v) is 71.1. The van der Waals surface area contributed by atoms with Crippen molar-refractivity contribution in [2.75, 3.05) is 39.5 Å².